The molecule has 1 atom stereocenters. The van der Waals surface area contributed by atoms with E-state index >= 15 is 0 Å². The highest BCUT2D eigenvalue weighted by Gasteiger charge is 2.14. The van der Waals surface area contributed by atoms with Crippen molar-refractivity contribution in [1.29, 1.82) is 0 Å². The van der Waals surface area contributed by atoms with Crippen LogP contribution in [-0.2, 0) is 9.53 Å². The van der Waals surface area contributed by atoms with Gasteiger partial charge in [-0.05, 0) is 19.1 Å². The van der Waals surface area contributed by atoms with Gasteiger partial charge in [-0.15, -0.1) is 0 Å². The topological polar surface area (TPSA) is 100 Å². The summed E-state index contributed by atoms with van der Waals surface area (Å²) >= 11 is 0. The van der Waals surface area contributed by atoms with Crippen LogP contribution in [0.4, 0.5) is 5.69 Å². The number of carbonyl (C=O) groups is 1. The lowest BCUT2D eigenvalue weighted by molar-refractivity contribution is -0.384. The average molecular weight is 290 g/mol. The number of non-ortho nitro benzene ring substituents is 1. The number of esters is 1. The Balaban J connectivity index is 2.15. The fourth-order valence-electron chi connectivity index (χ4n) is 1.77. The summed E-state index contributed by atoms with van der Waals surface area (Å²) in [6, 6.07) is 5.78. The van der Waals surface area contributed by atoms with Gasteiger partial charge < -0.3 is 4.74 Å². The molecule has 0 aliphatic heterocycles. The SMILES string of the molecule is COC(=O)CC(C)n1cnc(-c2ccc([N+](=O)[O-])cc2)n1. The Bertz CT molecular complexity index is 650. The minimum Gasteiger partial charge on any atom is -0.469 e. The summed E-state index contributed by atoms with van der Waals surface area (Å²) in [4.78, 5) is 25.5. The van der Waals surface area contributed by atoms with E-state index in [4.69, 9.17) is 0 Å². The van der Waals surface area contributed by atoms with Crippen LogP contribution in [0.2, 0.25) is 0 Å². The molecule has 0 saturated carbocycles. The highest BCUT2D eigenvalue weighted by Crippen LogP contribution is 2.20. The van der Waals surface area contributed by atoms with Crippen molar-refractivity contribution in [2.24, 2.45) is 0 Å². The first kappa shape index (κ1) is 14.6. The monoisotopic (exact) mass is 290 g/mol. The van der Waals surface area contributed by atoms with Gasteiger partial charge in [-0.25, -0.2) is 9.67 Å². The minimum atomic E-state index is -0.464. The molecule has 0 saturated heterocycles. The smallest absolute Gasteiger partial charge is 0.307 e. The van der Waals surface area contributed by atoms with Gasteiger partial charge in [0.05, 0.1) is 24.5 Å². The predicted octanol–water partition coefficient (Wildman–Crippen LogP) is 1.98. The molecule has 8 nitrogen and oxygen atoms in total. The average Bonchev–Trinajstić information content (AvgIpc) is 2.97. The van der Waals surface area contributed by atoms with Gasteiger partial charge in [0, 0.05) is 17.7 Å². The van der Waals surface area contributed by atoms with E-state index < -0.39 is 4.92 Å². The Kier molecular flexibility index (Phi) is 4.27. The molecule has 8 heteroatoms. The molecule has 0 spiro atoms. The number of nitro benzene ring substituents is 1. The zero-order chi connectivity index (χ0) is 15.4. The number of aromatic nitrogens is 3. The predicted molar refractivity (Wildman–Crippen MR) is 73.5 cm³/mol. The summed E-state index contributed by atoms with van der Waals surface area (Å²) < 4.78 is 6.17. The maximum absolute atomic E-state index is 11.2. The third-order valence-corrected chi connectivity index (χ3v) is 2.99. The Labute approximate surface area is 120 Å². The Morgan fingerprint density at radius 1 is 1.43 bits per heavy atom. The molecule has 21 heavy (non-hydrogen) atoms. The van der Waals surface area contributed by atoms with Crippen molar-refractivity contribution in [3.05, 3.63) is 40.7 Å². The lowest BCUT2D eigenvalue weighted by atomic mass is 10.2. The Morgan fingerprint density at radius 3 is 2.67 bits per heavy atom. The van der Waals surface area contributed by atoms with Gasteiger partial charge in [0.25, 0.3) is 5.69 Å². The minimum absolute atomic E-state index is 0.0113. The number of hydrogen-bond donors (Lipinski definition) is 0. The van der Waals surface area contributed by atoms with Crippen molar-refractivity contribution in [2.75, 3.05) is 7.11 Å². The maximum Gasteiger partial charge on any atom is 0.307 e. The van der Waals surface area contributed by atoms with Crippen LogP contribution in [0.3, 0.4) is 0 Å². The van der Waals surface area contributed by atoms with Crippen LogP contribution in [-0.4, -0.2) is 32.8 Å². The third kappa shape index (κ3) is 3.41. The van der Waals surface area contributed by atoms with Crippen molar-refractivity contribution < 1.29 is 14.5 Å². The Hall–Kier alpha value is -2.77. The van der Waals surface area contributed by atoms with E-state index in [-0.39, 0.29) is 24.1 Å². The molecular formula is C13H14N4O4. The highest BCUT2D eigenvalue weighted by molar-refractivity contribution is 5.69. The van der Waals surface area contributed by atoms with Crippen molar-refractivity contribution in [2.45, 2.75) is 19.4 Å². The van der Waals surface area contributed by atoms with E-state index in [1.807, 2.05) is 6.92 Å². The molecule has 1 aromatic heterocycles. The van der Waals surface area contributed by atoms with Gasteiger partial charge in [-0.1, -0.05) is 0 Å². The first-order valence-electron chi connectivity index (χ1n) is 6.24. The van der Waals surface area contributed by atoms with E-state index in [1.165, 1.54) is 25.6 Å². The second-order valence-corrected chi connectivity index (χ2v) is 4.48. The van der Waals surface area contributed by atoms with Gasteiger partial charge in [0.2, 0.25) is 0 Å². The second-order valence-electron chi connectivity index (χ2n) is 4.48. The van der Waals surface area contributed by atoms with Crippen LogP contribution in [0.15, 0.2) is 30.6 Å². The van der Waals surface area contributed by atoms with Crippen LogP contribution >= 0.6 is 0 Å². The van der Waals surface area contributed by atoms with Crippen molar-refractivity contribution in [3.63, 3.8) is 0 Å². The molecule has 1 unspecified atom stereocenters. The van der Waals surface area contributed by atoms with Crippen molar-refractivity contribution in [1.82, 2.24) is 14.8 Å². The van der Waals surface area contributed by atoms with Crippen LogP contribution in [0.5, 0.6) is 0 Å². The van der Waals surface area contributed by atoms with Crippen LogP contribution < -0.4 is 0 Å². The van der Waals surface area contributed by atoms with E-state index in [0.717, 1.165) is 0 Å². The standard InChI is InChI=1S/C13H14N4O4/c1-9(7-12(18)21-2)16-8-14-13(15-16)10-3-5-11(6-4-10)17(19)20/h3-6,8-9H,7H2,1-2H3. The number of rotatable bonds is 5. The molecular weight excluding hydrogens is 276 g/mol. The molecule has 2 aromatic rings. The third-order valence-electron chi connectivity index (χ3n) is 2.99. The molecule has 0 bridgehead atoms. The molecule has 1 aromatic carbocycles. The first-order valence-corrected chi connectivity index (χ1v) is 6.24. The quantitative estimate of drug-likeness (QED) is 0.474. The van der Waals surface area contributed by atoms with E-state index in [9.17, 15) is 14.9 Å². The van der Waals surface area contributed by atoms with Crippen LogP contribution in [0, 0.1) is 10.1 Å². The molecule has 0 N–H and O–H groups in total. The summed E-state index contributed by atoms with van der Waals surface area (Å²) in [6.07, 6.45) is 1.71. The number of nitro groups is 1. The fourth-order valence-corrected chi connectivity index (χ4v) is 1.77. The largest absolute Gasteiger partial charge is 0.469 e. The van der Waals surface area contributed by atoms with E-state index in [0.29, 0.717) is 11.4 Å². The van der Waals surface area contributed by atoms with E-state index in [1.54, 1.807) is 16.8 Å². The molecule has 0 aliphatic rings. The molecule has 0 aliphatic carbocycles. The zero-order valence-corrected chi connectivity index (χ0v) is 11.6. The first-order chi connectivity index (χ1) is 10.0. The van der Waals surface area contributed by atoms with Gasteiger partial charge in [0.1, 0.15) is 6.33 Å². The summed E-state index contributed by atoms with van der Waals surface area (Å²) in [5.41, 5.74) is 0.682. The summed E-state index contributed by atoms with van der Waals surface area (Å²) in [5, 5.41) is 14.9. The number of hydrogen-bond acceptors (Lipinski definition) is 6. The fraction of sp³-hybridized carbons (Fsp3) is 0.308. The van der Waals surface area contributed by atoms with Crippen molar-refractivity contribution in [3.8, 4) is 11.4 Å². The molecule has 0 radical (unpaired) electrons. The normalized spacial score (nSPS) is 11.9. The van der Waals surface area contributed by atoms with Crippen molar-refractivity contribution >= 4 is 11.7 Å². The Morgan fingerprint density at radius 2 is 2.10 bits per heavy atom. The van der Waals surface area contributed by atoms with Gasteiger partial charge in [-0.2, -0.15) is 5.10 Å². The second kappa shape index (κ2) is 6.12. The zero-order valence-electron chi connectivity index (χ0n) is 11.6. The lowest BCUT2D eigenvalue weighted by Crippen LogP contribution is -2.12. The number of methoxy groups -OCH3 is 1. The number of benzene rings is 1. The van der Waals surface area contributed by atoms with E-state index in [2.05, 4.69) is 14.8 Å². The number of carbonyl (C=O) groups excluding carboxylic acids is 1. The lowest BCUT2D eigenvalue weighted by Gasteiger charge is -2.09. The molecule has 1 heterocycles. The maximum atomic E-state index is 11.2. The van der Waals surface area contributed by atoms with Gasteiger partial charge in [0.15, 0.2) is 5.82 Å². The molecule has 2 rings (SSSR count). The number of ether oxygens (including phenoxy) is 1. The highest BCUT2D eigenvalue weighted by atomic mass is 16.6. The summed E-state index contributed by atoms with van der Waals surface area (Å²) in [6.45, 7) is 1.82. The molecule has 110 valence electrons. The van der Waals surface area contributed by atoms with Crippen LogP contribution in [0.1, 0.15) is 19.4 Å². The van der Waals surface area contributed by atoms with Gasteiger partial charge >= 0.3 is 5.97 Å². The molecule has 0 fully saturated rings. The van der Waals surface area contributed by atoms with Crippen LogP contribution in [0.25, 0.3) is 11.4 Å². The summed E-state index contributed by atoms with van der Waals surface area (Å²) in [7, 11) is 1.33. The molecule has 0 amide bonds. The van der Waals surface area contributed by atoms with Gasteiger partial charge in [-0.3, -0.25) is 14.9 Å². The number of nitrogens with zero attached hydrogens (tertiary/aromatic N) is 4. The summed E-state index contributed by atoms with van der Waals surface area (Å²) in [5.74, 6) is 0.122.